The number of allylic oxidation sites excluding steroid dienone is 1. The molecule has 0 aromatic heterocycles. The first-order chi connectivity index (χ1) is 20.7. The molecule has 2 amide bonds. The highest BCUT2D eigenvalue weighted by molar-refractivity contribution is 6.77. The fraction of sp³-hybridized carbons (Fsp3) is 0.794. The van der Waals surface area contributed by atoms with Crippen LogP contribution in [0, 0.1) is 11.3 Å². The van der Waals surface area contributed by atoms with Crippen molar-refractivity contribution in [1.82, 2.24) is 9.80 Å². The molecule has 9 nitrogen and oxygen atoms in total. The van der Waals surface area contributed by atoms with E-state index in [1.165, 1.54) is 13.2 Å². The lowest BCUT2D eigenvalue weighted by atomic mass is 9.64. The van der Waals surface area contributed by atoms with Crippen LogP contribution in [-0.4, -0.2) is 89.9 Å². The summed E-state index contributed by atoms with van der Waals surface area (Å²) < 4.78 is 23.5. The summed E-state index contributed by atoms with van der Waals surface area (Å²) in [5, 5.41) is 0. The van der Waals surface area contributed by atoms with Crippen molar-refractivity contribution in [2.75, 3.05) is 40.0 Å². The topological polar surface area (TPSA) is 94.6 Å². The van der Waals surface area contributed by atoms with Gasteiger partial charge in [-0.3, -0.25) is 4.90 Å². The van der Waals surface area contributed by atoms with Crippen molar-refractivity contribution in [3.8, 4) is 0 Å². The van der Waals surface area contributed by atoms with E-state index >= 15 is 0 Å². The zero-order chi connectivity index (χ0) is 34.4. The molecule has 0 aromatic rings. The molecule has 1 fully saturated rings. The third-order valence-electron chi connectivity index (χ3n) is 9.23. The Morgan fingerprint density at radius 1 is 0.978 bits per heavy atom. The van der Waals surface area contributed by atoms with Gasteiger partial charge in [0.1, 0.15) is 5.60 Å². The van der Waals surface area contributed by atoms with E-state index < -0.39 is 45.6 Å². The van der Waals surface area contributed by atoms with Gasteiger partial charge >= 0.3 is 18.2 Å². The van der Waals surface area contributed by atoms with Gasteiger partial charge in [-0.05, 0) is 61.9 Å². The molecule has 2 atom stereocenters. The number of fused-ring (bicyclic) bond motifs is 1. The molecule has 0 saturated carbocycles. The monoisotopic (exact) mass is 666 g/mol. The number of hydrogen-bond acceptors (Lipinski definition) is 7. The molecule has 0 N–H and O–H groups in total. The first kappa shape index (κ1) is 39.1. The second kappa shape index (κ2) is 15.6. The zero-order valence-electron chi connectivity index (χ0n) is 30.5. The number of carbonyl (C=O) groups excluding carboxylic acids is 3. The number of amides is 2. The number of methoxy groups -OCH3 is 1. The van der Waals surface area contributed by atoms with Crippen LogP contribution in [0.3, 0.4) is 0 Å². The fourth-order valence-electron chi connectivity index (χ4n) is 7.25. The molecule has 2 rings (SSSR count). The second-order valence-corrected chi connectivity index (χ2v) is 27.2. The maximum Gasteiger partial charge on any atom is 0.414 e. The summed E-state index contributed by atoms with van der Waals surface area (Å²) in [4.78, 5) is 42.7. The van der Waals surface area contributed by atoms with Crippen LogP contribution in [0.25, 0.3) is 0 Å². The van der Waals surface area contributed by atoms with Gasteiger partial charge in [0.25, 0.3) is 0 Å². The van der Waals surface area contributed by atoms with Gasteiger partial charge in [-0.15, -0.1) is 0 Å². The molecule has 0 bridgehead atoms. The zero-order valence-corrected chi connectivity index (χ0v) is 32.5. The predicted molar refractivity (Wildman–Crippen MR) is 185 cm³/mol. The minimum Gasteiger partial charge on any atom is -0.466 e. The van der Waals surface area contributed by atoms with E-state index in [1.54, 1.807) is 16.0 Å². The van der Waals surface area contributed by atoms with Crippen LogP contribution in [0.5, 0.6) is 0 Å². The smallest absolute Gasteiger partial charge is 0.414 e. The Morgan fingerprint density at radius 2 is 1.58 bits per heavy atom. The molecule has 258 valence electrons. The lowest BCUT2D eigenvalue weighted by Crippen LogP contribution is -2.58. The highest BCUT2D eigenvalue weighted by atomic mass is 28.4. The van der Waals surface area contributed by atoms with E-state index in [0.717, 1.165) is 18.0 Å². The van der Waals surface area contributed by atoms with Gasteiger partial charge in [-0.25, -0.2) is 14.4 Å². The summed E-state index contributed by atoms with van der Waals surface area (Å²) >= 11 is 0. The molecule has 45 heavy (non-hydrogen) atoms. The molecule has 0 aromatic carbocycles. The van der Waals surface area contributed by atoms with Gasteiger partial charge < -0.3 is 23.5 Å². The van der Waals surface area contributed by atoms with E-state index in [0.29, 0.717) is 49.3 Å². The van der Waals surface area contributed by atoms with Crippen molar-refractivity contribution in [1.29, 1.82) is 0 Å². The molecular weight excluding hydrogens is 605 g/mol. The number of carbonyl (C=O) groups is 3. The Bertz CT molecular complexity index is 1070. The normalized spacial score (nSPS) is 21.9. The van der Waals surface area contributed by atoms with Gasteiger partial charge in [0.05, 0.1) is 13.7 Å². The van der Waals surface area contributed by atoms with Crippen LogP contribution in [0.1, 0.15) is 75.2 Å². The number of piperidine rings is 1. The molecule has 11 heteroatoms. The number of likely N-dealkylation sites (tertiary alicyclic amines) is 1. The van der Waals surface area contributed by atoms with E-state index in [9.17, 15) is 14.4 Å². The van der Waals surface area contributed by atoms with Crippen molar-refractivity contribution < 1.29 is 33.0 Å². The summed E-state index contributed by atoms with van der Waals surface area (Å²) in [6.07, 6.45) is 5.82. The van der Waals surface area contributed by atoms with E-state index in [-0.39, 0.29) is 12.5 Å². The van der Waals surface area contributed by atoms with Crippen LogP contribution < -0.4 is 0 Å². The molecule has 1 saturated heterocycles. The first-order valence-electron chi connectivity index (χ1n) is 16.7. The lowest BCUT2D eigenvalue weighted by molar-refractivity contribution is -0.135. The molecule has 0 unspecified atom stereocenters. The van der Waals surface area contributed by atoms with Crippen LogP contribution in [0.4, 0.5) is 9.59 Å². The SMILES string of the molecule is COC(=O)/C=C1\CN(C(=O)OCC[Si](C)(C)C)C[C@]2(CCCO[Si](C(C)C)(C(C)C)C(C)C)CN(C(=O)OC(C)(C)C)C=C[C@H]12. The van der Waals surface area contributed by atoms with Crippen LogP contribution >= 0.6 is 0 Å². The van der Waals surface area contributed by atoms with Crippen LogP contribution in [0.2, 0.25) is 42.3 Å². The standard InChI is InChI=1S/C34H62N2O7Si2/c1-25(2)45(26(3)4,27(5)6)42-18-14-16-34-23-35(32(39)43-33(7,8)9)17-15-29(34)28(21-30(37)40-10)22-36(24-34)31(38)41-19-20-44(11,12)13/h15,17,21,25-27,29H,14,16,18-20,22-24H2,1-13H3/b28-21+/t29-,34+/m1/s1. The highest BCUT2D eigenvalue weighted by Crippen LogP contribution is 2.47. The third-order valence-corrected chi connectivity index (χ3v) is 17.1. The number of hydrogen-bond donors (Lipinski definition) is 0. The average Bonchev–Trinajstić information content (AvgIpc) is 2.90. The maximum atomic E-state index is 13.5. The number of esters is 1. The molecule has 2 heterocycles. The van der Waals surface area contributed by atoms with Crippen LogP contribution in [0.15, 0.2) is 23.9 Å². The molecule has 0 spiro atoms. The summed E-state index contributed by atoms with van der Waals surface area (Å²) in [5.41, 5.74) is 0.933. The van der Waals surface area contributed by atoms with Crippen molar-refractivity contribution in [3.63, 3.8) is 0 Å². The lowest BCUT2D eigenvalue weighted by Gasteiger charge is -2.52. The van der Waals surface area contributed by atoms with Crippen molar-refractivity contribution in [3.05, 3.63) is 23.9 Å². The quantitative estimate of drug-likeness (QED) is 0.0681. The summed E-state index contributed by atoms with van der Waals surface area (Å²) in [5.74, 6) is -0.649. The van der Waals surface area contributed by atoms with Gasteiger partial charge in [0.2, 0.25) is 0 Å². The maximum absolute atomic E-state index is 13.5. The molecule has 2 aliphatic heterocycles. The molecule has 2 aliphatic rings. The summed E-state index contributed by atoms with van der Waals surface area (Å²) in [6, 6.07) is 0.866. The van der Waals surface area contributed by atoms with Gasteiger partial charge in [0.15, 0.2) is 8.32 Å². The predicted octanol–water partition coefficient (Wildman–Crippen LogP) is 8.22. The number of rotatable bonds is 12. The Kier molecular flexibility index (Phi) is 13.6. The minimum atomic E-state index is -2.07. The molecule has 0 aliphatic carbocycles. The number of ether oxygens (including phenoxy) is 3. The van der Waals surface area contributed by atoms with E-state index in [4.69, 9.17) is 18.6 Å². The average molecular weight is 667 g/mol. The van der Waals surface area contributed by atoms with Gasteiger partial charge in [0, 0.05) is 57.9 Å². The Balaban J connectivity index is 2.49. The van der Waals surface area contributed by atoms with E-state index in [1.807, 2.05) is 26.8 Å². The Morgan fingerprint density at radius 3 is 2.09 bits per heavy atom. The van der Waals surface area contributed by atoms with Crippen molar-refractivity contribution in [2.24, 2.45) is 11.3 Å². The van der Waals surface area contributed by atoms with Gasteiger partial charge in [-0.1, -0.05) is 67.3 Å². The van der Waals surface area contributed by atoms with Crippen LogP contribution in [-0.2, 0) is 23.4 Å². The molecular formula is C34H62N2O7Si2. The minimum absolute atomic E-state index is 0.177. The highest BCUT2D eigenvalue weighted by Gasteiger charge is 2.50. The largest absolute Gasteiger partial charge is 0.466 e. The van der Waals surface area contributed by atoms with Gasteiger partial charge in [-0.2, -0.15) is 0 Å². The summed E-state index contributed by atoms with van der Waals surface area (Å²) in [6.45, 7) is 27.9. The number of nitrogens with zero attached hydrogens (tertiary/aromatic N) is 2. The van der Waals surface area contributed by atoms with E-state index in [2.05, 4.69) is 61.2 Å². The third kappa shape index (κ3) is 10.4. The Hall–Kier alpha value is -2.12. The first-order valence-corrected chi connectivity index (χ1v) is 22.5. The second-order valence-electron chi connectivity index (χ2n) is 16.1. The summed E-state index contributed by atoms with van der Waals surface area (Å²) in [7, 11) is -2.13. The fourth-order valence-corrected chi connectivity index (χ4v) is 13.5. The van der Waals surface area contributed by atoms with Crippen molar-refractivity contribution >= 4 is 34.5 Å². The van der Waals surface area contributed by atoms with Crippen molar-refractivity contribution in [2.45, 2.75) is 123 Å². The molecule has 0 radical (unpaired) electrons. The Labute approximate surface area is 275 Å².